The van der Waals surface area contributed by atoms with E-state index in [9.17, 15) is 4.79 Å². The van der Waals surface area contributed by atoms with Gasteiger partial charge in [0.05, 0.1) is 12.6 Å². The van der Waals surface area contributed by atoms with Crippen LogP contribution in [0.2, 0.25) is 0 Å². The van der Waals surface area contributed by atoms with E-state index in [-0.39, 0.29) is 11.9 Å². The molecule has 3 aliphatic rings. The fourth-order valence-corrected chi connectivity index (χ4v) is 6.62. The van der Waals surface area contributed by atoms with Gasteiger partial charge in [-0.2, -0.15) is 0 Å². The summed E-state index contributed by atoms with van der Waals surface area (Å²) in [6, 6.07) is 17.2. The van der Waals surface area contributed by atoms with Crippen molar-refractivity contribution in [1.82, 2.24) is 15.2 Å². The molecule has 1 atom stereocenters. The van der Waals surface area contributed by atoms with Gasteiger partial charge in [0, 0.05) is 54.6 Å². The van der Waals surface area contributed by atoms with Crippen molar-refractivity contribution in [2.75, 3.05) is 38.2 Å². The van der Waals surface area contributed by atoms with Crippen LogP contribution in [-0.4, -0.2) is 61.2 Å². The second-order valence-electron chi connectivity index (χ2n) is 11.1. The van der Waals surface area contributed by atoms with Gasteiger partial charge in [-0.1, -0.05) is 6.07 Å². The van der Waals surface area contributed by atoms with Gasteiger partial charge in [0.15, 0.2) is 0 Å². The Morgan fingerprint density at radius 3 is 2.81 bits per heavy atom. The number of piperazine rings is 1. The average Bonchev–Trinajstić information content (AvgIpc) is 2.96. The SMILES string of the molecule is COc1ccc2c(c1)CCC1CN(CCC3CCC(NC(=O)c4ccc5ncccc5c4)CC3)CCN21. The van der Waals surface area contributed by atoms with E-state index >= 15 is 0 Å². The first-order chi connectivity index (χ1) is 18.2. The van der Waals surface area contributed by atoms with Crippen LogP contribution in [-0.2, 0) is 6.42 Å². The first-order valence-electron chi connectivity index (χ1n) is 14.0. The standard InChI is InChI=1S/C31H38N4O2/c1-37-28-11-13-30-24(20-28)6-10-27-21-34(17-18-35(27)30)16-14-22-4-8-26(9-5-22)33-31(36)25-7-12-29-23(19-25)3-2-15-32-29/h2-3,7,11-13,15,19-20,22,26-27H,4-6,8-10,14,16-18,21H2,1H3,(H,33,36). The lowest BCUT2D eigenvalue weighted by atomic mass is 9.83. The van der Waals surface area contributed by atoms with Crippen molar-refractivity contribution < 1.29 is 9.53 Å². The zero-order chi connectivity index (χ0) is 25.2. The molecule has 37 heavy (non-hydrogen) atoms. The molecule has 3 heterocycles. The number of aromatic nitrogens is 1. The molecule has 1 aliphatic carbocycles. The van der Waals surface area contributed by atoms with E-state index in [2.05, 4.69) is 38.3 Å². The number of amides is 1. The number of aryl methyl sites for hydroxylation is 1. The number of ether oxygens (including phenoxy) is 1. The van der Waals surface area contributed by atoms with Crippen LogP contribution in [0.15, 0.2) is 54.7 Å². The van der Waals surface area contributed by atoms with Gasteiger partial charge in [-0.05, 0) is 105 Å². The molecule has 1 amide bonds. The maximum atomic E-state index is 12.8. The predicted octanol–water partition coefficient (Wildman–Crippen LogP) is 5.06. The van der Waals surface area contributed by atoms with E-state index in [0.717, 1.165) is 60.5 Å². The highest BCUT2D eigenvalue weighted by Crippen LogP contribution is 2.35. The summed E-state index contributed by atoms with van der Waals surface area (Å²) in [5, 5.41) is 4.30. The number of anilines is 1. The second-order valence-corrected chi connectivity index (χ2v) is 11.1. The number of methoxy groups -OCH3 is 1. The van der Waals surface area contributed by atoms with E-state index in [1.54, 1.807) is 13.3 Å². The summed E-state index contributed by atoms with van der Waals surface area (Å²) in [6.07, 6.45) is 10.0. The molecule has 6 nitrogen and oxygen atoms in total. The van der Waals surface area contributed by atoms with E-state index in [1.807, 2.05) is 30.3 Å². The fourth-order valence-electron chi connectivity index (χ4n) is 6.62. The van der Waals surface area contributed by atoms with Crippen LogP contribution in [0, 0.1) is 5.92 Å². The molecule has 0 spiro atoms. The zero-order valence-electron chi connectivity index (χ0n) is 21.9. The van der Waals surface area contributed by atoms with Crippen molar-refractivity contribution in [2.24, 2.45) is 5.92 Å². The lowest BCUT2D eigenvalue weighted by Gasteiger charge is -2.46. The molecule has 6 rings (SSSR count). The first kappa shape index (κ1) is 24.2. The number of nitrogens with one attached hydrogen (secondary N) is 1. The molecule has 2 aromatic carbocycles. The topological polar surface area (TPSA) is 57.7 Å². The summed E-state index contributed by atoms with van der Waals surface area (Å²) in [7, 11) is 1.75. The predicted molar refractivity (Wildman–Crippen MR) is 148 cm³/mol. The molecule has 6 heteroatoms. The van der Waals surface area contributed by atoms with Crippen LogP contribution >= 0.6 is 0 Å². The van der Waals surface area contributed by atoms with Crippen LogP contribution in [0.5, 0.6) is 5.75 Å². The van der Waals surface area contributed by atoms with Crippen molar-refractivity contribution in [1.29, 1.82) is 0 Å². The van der Waals surface area contributed by atoms with Crippen molar-refractivity contribution in [3.63, 3.8) is 0 Å². The van der Waals surface area contributed by atoms with E-state index < -0.39 is 0 Å². The van der Waals surface area contributed by atoms with Crippen LogP contribution in [0.3, 0.4) is 0 Å². The minimum absolute atomic E-state index is 0.0413. The Morgan fingerprint density at radius 1 is 1.05 bits per heavy atom. The molecule has 2 aliphatic heterocycles. The van der Waals surface area contributed by atoms with E-state index in [4.69, 9.17) is 4.74 Å². The quantitative estimate of drug-likeness (QED) is 0.515. The summed E-state index contributed by atoms with van der Waals surface area (Å²) in [6.45, 7) is 4.65. The van der Waals surface area contributed by atoms with Gasteiger partial charge in [-0.25, -0.2) is 0 Å². The van der Waals surface area contributed by atoms with E-state index in [0.29, 0.717) is 6.04 Å². The molecular formula is C31H38N4O2. The van der Waals surface area contributed by atoms with Gasteiger partial charge >= 0.3 is 0 Å². The molecule has 1 saturated heterocycles. The highest BCUT2D eigenvalue weighted by Gasteiger charge is 2.32. The average molecular weight is 499 g/mol. The lowest BCUT2D eigenvalue weighted by molar-refractivity contribution is 0.0919. The lowest BCUT2D eigenvalue weighted by Crippen LogP contribution is -2.55. The Bertz CT molecular complexity index is 1250. The maximum absolute atomic E-state index is 12.8. The van der Waals surface area contributed by atoms with Crippen LogP contribution in [0.1, 0.15) is 54.4 Å². The summed E-state index contributed by atoms with van der Waals surface area (Å²) < 4.78 is 5.43. The van der Waals surface area contributed by atoms with Crippen molar-refractivity contribution in [3.05, 3.63) is 65.9 Å². The smallest absolute Gasteiger partial charge is 0.251 e. The van der Waals surface area contributed by atoms with Crippen molar-refractivity contribution >= 4 is 22.5 Å². The number of benzene rings is 2. The van der Waals surface area contributed by atoms with Crippen LogP contribution < -0.4 is 15.0 Å². The highest BCUT2D eigenvalue weighted by molar-refractivity contribution is 5.98. The van der Waals surface area contributed by atoms with Crippen LogP contribution in [0.25, 0.3) is 10.9 Å². The number of fused-ring (bicyclic) bond motifs is 4. The number of carbonyl (C=O) groups is 1. The molecule has 2 fully saturated rings. The van der Waals surface area contributed by atoms with Gasteiger partial charge in [-0.3, -0.25) is 14.7 Å². The monoisotopic (exact) mass is 498 g/mol. The largest absolute Gasteiger partial charge is 0.497 e. The molecule has 194 valence electrons. The Morgan fingerprint density at radius 2 is 1.95 bits per heavy atom. The third-order valence-electron chi connectivity index (χ3n) is 8.81. The van der Waals surface area contributed by atoms with Gasteiger partial charge < -0.3 is 15.0 Å². The minimum Gasteiger partial charge on any atom is -0.497 e. The second kappa shape index (κ2) is 10.7. The minimum atomic E-state index is 0.0413. The molecule has 1 aromatic heterocycles. The van der Waals surface area contributed by atoms with Crippen LogP contribution in [0.4, 0.5) is 5.69 Å². The summed E-state index contributed by atoms with van der Waals surface area (Å²) in [5.41, 5.74) is 4.50. The molecule has 1 unspecified atom stereocenters. The number of nitrogens with zero attached hydrogens (tertiary/aromatic N) is 3. The Labute approximate surface area is 220 Å². The highest BCUT2D eigenvalue weighted by atomic mass is 16.5. The third kappa shape index (κ3) is 5.30. The van der Waals surface area contributed by atoms with Gasteiger partial charge in [-0.15, -0.1) is 0 Å². The van der Waals surface area contributed by atoms with Gasteiger partial charge in [0.1, 0.15) is 5.75 Å². The van der Waals surface area contributed by atoms with E-state index in [1.165, 1.54) is 50.0 Å². The molecular weight excluding hydrogens is 460 g/mol. The fraction of sp³-hybridized carbons (Fsp3) is 0.484. The maximum Gasteiger partial charge on any atom is 0.251 e. The summed E-state index contributed by atoms with van der Waals surface area (Å²) in [5.74, 6) is 1.79. The van der Waals surface area contributed by atoms with Gasteiger partial charge in [0.2, 0.25) is 0 Å². The Balaban J connectivity index is 0.950. The first-order valence-corrected chi connectivity index (χ1v) is 14.0. The number of rotatable bonds is 6. The summed E-state index contributed by atoms with van der Waals surface area (Å²) in [4.78, 5) is 22.5. The molecule has 1 N–H and O–H groups in total. The number of hydrogen-bond acceptors (Lipinski definition) is 5. The number of pyridine rings is 1. The third-order valence-corrected chi connectivity index (χ3v) is 8.81. The molecule has 3 aromatic rings. The van der Waals surface area contributed by atoms with Crippen molar-refractivity contribution in [3.8, 4) is 5.75 Å². The molecule has 0 bridgehead atoms. The van der Waals surface area contributed by atoms with Crippen molar-refractivity contribution in [2.45, 2.75) is 57.0 Å². The number of carbonyl (C=O) groups excluding carboxylic acids is 1. The summed E-state index contributed by atoms with van der Waals surface area (Å²) >= 11 is 0. The normalized spacial score (nSPS) is 23.8. The number of hydrogen-bond donors (Lipinski definition) is 1. The van der Waals surface area contributed by atoms with Gasteiger partial charge in [0.25, 0.3) is 5.91 Å². The Kier molecular flexibility index (Phi) is 7.01. The Hall–Kier alpha value is -3.12. The zero-order valence-corrected chi connectivity index (χ0v) is 21.9. The molecule has 1 saturated carbocycles. The molecule has 0 radical (unpaired) electrons.